The van der Waals surface area contributed by atoms with E-state index < -0.39 is 0 Å². The van der Waals surface area contributed by atoms with Gasteiger partial charge in [0, 0.05) is 18.6 Å². The van der Waals surface area contributed by atoms with Crippen molar-refractivity contribution < 1.29 is 0 Å². The van der Waals surface area contributed by atoms with E-state index in [2.05, 4.69) is 48.7 Å². The van der Waals surface area contributed by atoms with Gasteiger partial charge in [-0.1, -0.05) is 24.3 Å². The van der Waals surface area contributed by atoms with E-state index in [1.807, 2.05) is 0 Å². The molecule has 0 radical (unpaired) electrons. The lowest BCUT2D eigenvalue weighted by molar-refractivity contribution is 0.361. The summed E-state index contributed by atoms with van der Waals surface area (Å²) in [5.41, 5.74) is 2.80. The highest BCUT2D eigenvalue weighted by Gasteiger charge is 2.16. The highest BCUT2D eigenvalue weighted by atomic mass is 15.0. The van der Waals surface area contributed by atoms with Crippen molar-refractivity contribution in [2.45, 2.75) is 38.8 Å². The molecule has 0 bridgehead atoms. The predicted molar refractivity (Wildman–Crippen MR) is 68.6 cm³/mol. The molecule has 1 saturated heterocycles. The molecule has 1 fully saturated rings. The molecule has 2 N–H and O–H groups in total. The van der Waals surface area contributed by atoms with Gasteiger partial charge < -0.3 is 10.6 Å². The van der Waals surface area contributed by atoms with E-state index >= 15 is 0 Å². The summed E-state index contributed by atoms with van der Waals surface area (Å²) < 4.78 is 0. The van der Waals surface area contributed by atoms with Crippen LogP contribution in [0.25, 0.3) is 0 Å². The number of piperidine rings is 1. The highest BCUT2D eigenvalue weighted by molar-refractivity contribution is 5.28. The summed E-state index contributed by atoms with van der Waals surface area (Å²) in [7, 11) is 0. The Labute approximate surface area is 98.4 Å². The van der Waals surface area contributed by atoms with E-state index in [4.69, 9.17) is 0 Å². The van der Waals surface area contributed by atoms with Crippen LogP contribution in [0.3, 0.4) is 0 Å². The molecule has 0 saturated carbocycles. The molecule has 1 aromatic rings. The second-order valence-corrected chi connectivity index (χ2v) is 4.79. The first-order valence-corrected chi connectivity index (χ1v) is 6.29. The molecule has 0 amide bonds. The summed E-state index contributed by atoms with van der Waals surface area (Å²) in [6.45, 7) is 6.73. The monoisotopic (exact) mass is 218 g/mol. The van der Waals surface area contributed by atoms with Gasteiger partial charge in [0.25, 0.3) is 0 Å². The first-order valence-electron chi connectivity index (χ1n) is 6.29. The lowest BCUT2D eigenvalue weighted by atomic mass is 10.00. The van der Waals surface area contributed by atoms with E-state index in [1.165, 1.54) is 30.5 Å². The molecule has 0 spiro atoms. The maximum atomic E-state index is 3.71. The number of rotatable bonds is 3. The van der Waals surface area contributed by atoms with Gasteiger partial charge in [-0.2, -0.15) is 0 Å². The van der Waals surface area contributed by atoms with E-state index in [0.29, 0.717) is 12.1 Å². The summed E-state index contributed by atoms with van der Waals surface area (Å²) in [6, 6.07) is 9.72. The van der Waals surface area contributed by atoms with E-state index in [0.717, 1.165) is 6.54 Å². The SMILES string of the molecule is Cc1ccccc1[C@@H](C)NC1CCCNC1. The Morgan fingerprint density at radius 1 is 1.38 bits per heavy atom. The number of nitrogens with one attached hydrogen (secondary N) is 2. The molecule has 1 aliphatic rings. The van der Waals surface area contributed by atoms with Crippen LogP contribution in [-0.4, -0.2) is 19.1 Å². The molecule has 1 heterocycles. The van der Waals surface area contributed by atoms with E-state index in [9.17, 15) is 0 Å². The number of benzene rings is 1. The van der Waals surface area contributed by atoms with Crippen molar-refractivity contribution in [3.63, 3.8) is 0 Å². The van der Waals surface area contributed by atoms with Crippen molar-refractivity contribution in [1.82, 2.24) is 10.6 Å². The fourth-order valence-electron chi connectivity index (χ4n) is 2.51. The molecule has 88 valence electrons. The highest BCUT2D eigenvalue weighted by Crippen LogP contribution is 2.18. The van der Waals surface area contributed by atoms with Crippen LogP contribution < -0.4 is 10.6 Å². The van der Waals surface area contributed by atoms with Crippen LogP contribution in [0.5, 0.6) is 0 Å². The predicted octanol–water partition coefficient (Wildman–Crippen LogP) is 2.40. The maximum absolute atomic E-state index is 3.71. The van der Waals surface area contributed by atoms with Crippen LogP contribution in [0.15, 0.2) is 24.3 Å². The second-order valence-electron chi connectivity index (χ2n) is 4.79. The van der Waals surface area contributed by atoms with Gasteiger partial charge in [0.1, 0.15) is 0 Å². The Morgan fingerprint density at radius 3 is 2.88 bits per heavy atom. The minimum atomic E-state index is 0.450. The molecule has 1 unspecified atom stereocenters. The zero-order valence-corrected chi connectivity index (χ0v) is 10.3. The summed E-state index contributed by atoms with van der Waals surface area (Å²) in [4.78, 5) is 0. The smallest absolute Gasteiger partial charge is 0.0297 e. The Morgan fingerprint density at radius 2 is 2.19 bits per heavy atom. The molecule has 2 nitrogen and oxygen atoms in total. The molecule has 1 aliphatic heterocycles. The van der Waals surface area contributed by atoms with Gasteiger partial charge in [-0.25, -0.2) is 0 Å². The topological polar surface area (TPSA) is 24.1 Å². The average molecular weight is 218 g/mol. The van der Waals surface area contributed by atoms with Gasteiger partial charge in [-0.15, -0.1) is 0 Å². The molecule has 16 heavy (non-hydrogen) atoms. The second kappa shape index (κ2) is 5.46. The van der Waals surface area contributed by atoms with Crippen LogP contribution >= 0.6 is 0 Å². The number of hydrogen-bond acceptors (Lipinski definition) is 2. The van der Waals surface area contributed by atoms with Gasteiger partial charge in [0.05, 0.1) is 0 Å². The number of hydrogen-bond donors (Lipinski definition) is 2. The van der Waals surface area contributed by atoms with Crippen molar-refractivity contribution >= 4 is 0 Å². The quantitative estimate of drug-likeness (QED) is 0.814. The third-order valence-corrected chi connectivity index (χ3v) is 3.44. The lowest BCUT2D eigenvalue weighted by Crippen LogP contribution is -2.44. The van der Waals surface area contributed by atoms with Crippen LogP contribution in [-0.2, 0) is 0 Å². The summed E-state index contributed by atoms with van der Waals surface area (Å²) in [6.07, 6.45) is 2.58. The van der Waals surface area contributed by atoms with Gasteiger partial charge in [-0.05, 0) is 44.4 Å². The molecule has 2 heteroatoms. The van der Waals surface area contributed by atoms with Crippen molar-refractivity contribution in [2.24, 2.45) is 0 Å². The van der Waals surface area contributed by atoms with Gasteiger partial charge in [-0.3, -0.25) is 0 Å². The third kappa shape index (κ3) is 2.83. The fourth-order valence-corrected chi connectivity index (χ4v) is 2.51. The Bertz CT molecular complexity index is 329. The molecule has 1 aromatic carbocycles. The molecule has 2 atom stereocenters. The minimum Gasteiger partial charge on any atom is -0.315 e. The van der Waals surface area contributed by atoms with Crippen molar-refractivity contribution in [1.29, 1.82) is 0 Å². The molecule has 0 aromatic heterocycles. The summed E-state index contributed by atoms with van der Waals surface area (Å²) in [5, 5.41) is 7.16. The van der Waals surface area contributed by atoms with Gasteiger partial charge >= 0.3 is 0 Å². The first-order chi connectivity index (χ1) is 7.77. The van der Waals surface area contributed by atoms with Crippen molar-refractivity contribution in [3.8, 4) is 0 Å². The first kappa shape index (κ1) is 11.6. The minimum absolute atomic E-state index is 0.450. The standard InChI is InChI=1S/C14H22N2/c1-11-6-3-4-8-14(11)12(2)16-13-7-5-9-15-10-13/h3-4,6,8,12-13,15-16H,5,7,9-10H2,1-2H3/t12-,13?/m1/s1. The summed E-state index contributed by atoms with van der Waals surface area (Å²) in [5.74, 6) is 0. The van der Waals surface area contributed by atoms with Gasteiger partial charge in [0.15, 0.2) is 0 Å². The fraction of sp³-hybridized carbons (Fsp3) is 0.571. The van der Waals surface area contributed by atoms with Crippen LogP contribution in [0.4, 0.5) is 0 Å². The van der Waals surface area contributed by atoms with Crippen LogP contribution in [0, 0.1) is 6.92 Å². The molecule has 2 rings (SSSR count). The van der Waals surface area contributed by atoms with Crippen molar-refractivity contribution in [2.75, 3.05) is 13.1 Å². The third-order valence-electron chi connectivity index (χ3n) is 3.44. The Balaban J connectivity index is 1.96. The molecular weight excluding hydrogens is 196 g/mol. The lowest BCUT2D eigenvalue weighted by Gasteiger charge is -2.28. The number of aryl methyl sites for hydroxylation is 1. The zero-order valence-electron chi connectivity index (χ0n) is 10.3. The molecular formula is C14H22N2. The van der Waals surface area contributed by atoms with Gasteiger partial charge in [0.2, 0.25) is 0 Å². The molecule has 0 aliphatic carbocycles. The van der Waals surface area contributed by atoms with Crippen molar-refractivity contribution in [3.05, 3.63) is 35.4 Å². The summed E-state index contributed by atoms with van der Waals surface area (Å²) >= 11 is 0. The largest absolute Gasteiger partial charge is 0.315 e. The zero-order chi connectivity index (χ0) is 11.4. The van der Waals surface area contributed by atoms with E-state index in [-0.39, 0.29) is 0 Å². The average Bonchev–Trinajstić information content (AvgIpc) is 2.31. The maximum Gasteiger partial charge on any atom is 0.0297 e. The Hall–Kier alpha value is -0.860. The van der Waals surface area contributed by atoms with Crippen LogP contribution in [0.2, 0.25) is 0 Å². The Kier molecular flexibility index (Phi) is 3.97. The normalized spacial score (nSPS) is 23.0. The van der Waals surface area contributed by atoms with Crippen LogP contribution in [0.1, 0.15) is 36.9 Å². The van der Waals surface area contributed by atoms with E-state index in [1.54, 1.807) is 0 Å².